The molecule has 0 saturated heterocycles. The second-order valence-corrected chi connectivity index (χ2v) is 4.43. The average molecular weight is 220 g/mol. The monoisotopic (exact) mass is 220 g/mol. The van der Waals surface area contributed by atoms with Crippen molar-refractivity contribution in [3.8, 4) is 0 Å². The van der Waals surface area contributed by atoms with Crippen molar-refractivity contribution < 1.29 is 4.79 Å². The summed E-state index contributed by atoms with van der Waals surface area (Å²) in [6.45, 7) is 4.37. The van der Waals surface area contributed by atoms with Crippen molar-refractivity contribution in [1.82, 2.24) is 5.32 Å². The summed E-state index contributed by atoms with van der Waals surface area (Å²) in [5.41, 5.74) is 7.92. The molecule has 0 aromatic heterocycles. The van der Waals surface area contributed by atoms with E-state index in [4.69, 9.17) is 5.73 Å². The minimum Gasteiger partial charge on any atom is -0.358 e. The van der Waals surface area contributed by atoms with Gasteiger partial charge in [-0.15, -0.1) is 0 Å². The van der Waals surface area contributed by atoms with E-state index in [9.17, 15) is 4.79 Å². The molecule has 1 atom stereocenters. The number of nitrogens with one attached hydrogen (secondary N) is 1. The summed E-state index contributed by atoms with van der Waals surface area (Å²) in [5.74, 6) is 0.482. The normalized spacial score (nSPS) is 12.6. The second-order valence-electron chi connectivity index (χ2n) is 4.43. The van der Waals surface area contributed by atoms with Crippen molar-refractivity contribution in [2.45, 2.75) is 26.3 Å². The summed E-state index contributed by atoms with van der Waals surface area (Å²) in [4.78, 5) is 11.3. The van der Waals surface area contributed by atoms with Crippen LogP contribution in [0.3, 0.4) is 0 Å². The van der Waals surface area contributed by atoms with Gasteiger partial charge in [0.1, 0.15) is 6.04 Å². The Kier molecular flexibility index (Phi) is 4.50. The van der Waals surface area contributed by atoms with Gasteiger partial charge < -0.3 is 11.1 Å². The molecule has 1 aromatic rings. The molecule has 0 heterocycles. The summed E-state index contributed by atoms with van der Waals surface area (Å²) in [7, 11) is 1.59. The maximum Gasteiger partial charge on any atom is 0.241 e. The lowest BCUT2D eigenvalue weighted by molar-refractivity contribution is -0.121. The van der Waals surface area contributed by atoms with Gasteiger partial charge in [0, 0.05) is 7.05 Å². The average Bonchev–Trinajstić information content (AvgIpc) is 2.27. The first kappa shape index (κ1) is 12.7. The van der Waals surface area contributed by atoms with Crippen molar-refractivity contribution in [3.05, 3.63) is 35.4 Å². The Morgan fingerprint density at radius 3 is 2.31 bits per heavy atom. The SMILES string of the molecule is CNC(=O)C(N)c1ccc(CC(C)C)cc1. The zero-order chi connectivity index (χ0) is 12.1. The van der Waals surface area contributed by atoms with E-state index >= 15 is 0 Å². The molecule has 0 saturated carbocycles. The van der Waals surface area contributed by atoms with Crippen LogP contribution in [-0.2, 0) is 11.2 Å². The van der Waals surface area contributed by atoms with Gasteiger partial charge in [-0.25, -0.2) is 0 Å². The molecule has 1 rings (SSSR count). The Morgan fingerprint density at radius 1 is 1.31 bits per heavy atom. The van der Waals surface area contributed by atoms with Gasteiger partial charge in [0.2, 0.25) is 5.91 Å². The van der Waals surface area contributed by atoms with Crippen LogP contribution in [0.5, 0.6) is 0 Å². The Hall–Kier alpha value is -1.35. The lowest BCUT2D eigenvalue weighted by atomic mass is 9.99. The van der Waals surface area contributed by atoms with Gasteiger partial charge in [0.15, 0.2) is 0 Å². The van der Waals surface area contributed by atoms with E-state index in [1.54, 1.807) is 7.05 Å². The van der Waals surface area contributed by atoms with E-state index in [-0.39, 0.29) is 5.91 Å². The minimum atomic E-state index is -0.571. The van der Waals surface area contributed by atoms with E-state index < -0.39 is 6.04 Å². The van der Waals surface area contributed by atoms with Crippen LogP contribution in [0.25, 0.3) is 0 Å². The molecular formula is C13H20N2O. The van der Waals surface area contributed by atoms with Crippen molar-refractivity contribution in [2.75, 3.05) is 7.05 Å². The van der Waals surface area contributed by atoms with Crippen LogP contribution in [0.15, 0.2) is 24.3 Å². The first-order valence-corrected chi connectivity index (χ1v) is 5.60. The first-order chi connectivity index (χ1) is 7.54. The molecule has 1 amide bonds. The van der Waals surface area contributed by atoms with Crippen molar-refractivity contribution in [3.63, 3.8) is 0 Å². The van der Waals surface area contributed by atoms with Crippen molar-refractivity contribution in [1.29, 1.82) is 0 Å². The zero-order valence-electron chi connectivity index (χ0n) is 10.2. The molecule has 0 aliphatic carbocycles. The van der Waals surface area contributed by atoms with Crippen LogP contribution in [0.2, 0.25) is 0 Å². The number of carbonyl (C=O) groups is 1. The lowest BCUT2D eigenvalue weighted by Crippen LogP contribution is -2.31. The Morgan fingerprint density at radius 2 is 1.88 bits per heavy atom. The van der Waals surface area contributed by atoms with Gasteiger partial charge in [-0.1, -0.05) is 38.1 Å². The van der Waals surface area contributed by atoms with Crippen molar-refractivity contribution >= 4 is 5.91 Å². The highest BCUT2D eigenvalue weighted by molar-refractivity contribution is 5.82. The summed E-state index contributed by atoms with van der Waals surface area (Å²) >= 11 is 0. The topological polar surface area (TPSA) is 55.1 Å². The number of hydrogen-bond acceptors (Lipinski definition) is 2. The Labute approximate surface area is 97.0 Å². The Bertz CT molecular complexity index is 343. The third-order valence-electron chi connectivity index (χ3n) is 2.51. The highest BCUT2D eigenvalue weighted by Gasteiger charge is 2.13. The molecule has 0 aliphatic heterocycles. The number of carbonyl (C=O) groups excluding carboxylic acids is 1. The highest BCUT2D eigenvalue weighted by Crippen LogP contribution is 2.14. The third kappa shape index (κ3) is 3.35. The molecule has 16 heavy (non-hydrogen) atoms. The number of benzene rings is 1. The van der Waals surface area contributed by atoms with E-state index in [1.165, 1.54) is 5.56 Å². The molecule has 3 heteroatoms. The molecule has 3 N–H and O–H groups in total. The van der Waals surface area contributed by atoms with Crippen molar-refractivity contribution in [2.24, 2.45) is 11.7 Å². The van der Waals surface area contributed by atoms with E-state index in [0.29, 0.717) is 5.92 Å². The van der Waals surface area contributed by atoms with Gasteiger partial charge in [-0.2, -0.15) is 0 Å². The fourth-order valence-corrected chi connectivity index (χ4v) is 1.64. The number of rotatable bonds is 4. The van der Waals surface area contributed by atoms with E-state index in [2.05, 4.69) is 19.2 Å². The maximum absolute atomic E-state index is 11.3. The van der Waals surface area contributed by atoms with Gasteiger partial charge in [-0.05, 0) is 23.5 Å². The zero-order valence-corrected chi connectivity index (χ0v) is 10.2. The third-order valence-corrected chi connectivity index (χ3v) is 2.51. The molecule has 88 valence electrons. The van der Waals surface area contributed by atoms with Gasteiger partial charge in [0.25, 0.3) is 0 Å². The fourth-order valence-electron chi connectivity index (χ4n) is 1.64. The molecule has 1 unspecified atom stereocenters. The number of nitrogens with two attached hydrogens (primary N) is 1. The first-order valence-electron chi connectivity index (χ1n) is 5.60. The molecule has 0 spiro atoms. The van der Waals surface area contributed by atoms with Crippen LogP contribution in [0.1, 0.15) is 31.0 Å². The summed E-state index contributed by atoms with van der Waals surface area (Å²) in [6.07, 6.45) is 1.05. The standard InChI is InChI=1S/C13H20N2O/c1-9(2)8-10-4-6-11(7-5-10)12(14)13(16)15-3/h4-7,9,12H,8,14H2,1-3H3,(H,15,16). The number of likely N-dealkylation sites (N-methyl/N-ethyl adjacent to an activating group) is 1. The van der Waals surface area contributed by atoms with E-state index in [1.807, 2.05) is 24.3 Å². The molecule has 0 radical (unpaired) electrons. The molecule has 1 aromatic carbocycles. The predicted molar refractivity (Wildman–Crippen MR) is 66.0 cm³/mol. The molecular weight excluding hydrogens is 200 g/mol. The molecule has 0 bridgehead atoms. The predicted octanol–water partition coefficient (Wildman–Crippen LogP) is 1.63. The van der Waals surface area contributed by atoms with Crippen LogP contribution < -0.4 is 11.1 Å². The lowest BCUT2D eigenvalue weighted by Gasteiger charge is -2.11. The summed E-state index contributed by atoms with van der Waals surface area (Å²) in [5, 5.41) is 2.55. The quantitative estimate of drug-likeness (QED) is 0.810. The van der Waals surface area contributed by atoms with Crippen LogP contribution in [-0.4, -0.2) is 13.0 Å². The van der Waals surface area contributed by atoms with Crippen LogP contribution >= 0.6 is 0 Å². The number of amides is 1. The fraction of sp³-hybridized carbons (Fsp3) is 0.462. The van der Waals surface area contributed by atoms with Crippen LogP contribution in [0, 0.1) is 5.92 Å². The van der Waals surface area contributed by atoms with Gasteiger partial charge in [0.05, 0.1) is 0 Å². The molecule has 0 fully saturated rings. The largest absolute Gasteiger partial charge is 0.358 e. The molecule has 3 nitrogen and oxygen atoms in total. The Balaban J connectivity index is 2.74. The maximum atomic E-state index is 11.3. The summed E-state index contributed by atoms with van der Waals surface area (Å²) in [6, 6.07) is 7.36. The molecule has 0 aliphatic rings. The second kappa shape index (κ2) is 5.66. The van der Waals surface area contributed by atoms with Crippen LogP contribution in [0.4, 0.5) is 0 Å². The van der Waals surface area contributed by atoms with Gasteiger partial charge in [-0.3, -0.25) is 4.79 Å². The highest BCUT2D eigenvalue weighted by atomic mass is 16.2. The smallest absolute Gasteiger partial charge is 0.241 e. The summed E-state index contributed by atoms with van der Waals surface area (Å²) < 4.78 is 0. The number of hydrogen-bond donors (Lipinski definition) is 2. The van der Waals surface area contributed by atoms with Gasteiger partial charge >= 0.3 is 0 Å². The van der Waals surface area contributed by atoms with E-state index in [0.717, 1.165) is 12.0 Å². The minimum absolute atomic E-state index is 0.156.